The van der Waals surface area contributed by atoms with Crippen LogP contribution in [-0.4, -0.2) is 51.2 Å². The van der Waals surface area contributed by atoms with Gasteiger partial charge in [-0.2, -0.15) is 0 Å². The Hall–Kier alpha value is -0.120. The predicted octanol–water partition coefficient (Wildman–Crippen LogP) is -0.0956. The molecule has 1 rings (SSSR count). The molecule has 0 amide bonds. The molecule has 12 heavy (non-hydrogen) atoms. The average molecular weight is 170 g/mol. The molecule has 1 unspecified atom stereocenters. The van der Waals surface area contributed by atoms with Gasteiger partial charge in [-0.25, -0.2) is 5.32 Å². The Morgan fingerprint density at radius 3 is 3.00 bits per heavy atom. The summed E-state index contributed by atoms with van der Waals surface area (Å²) in [5, 5.41) is 7.89. The van der Waals surface area contributed by atoms with Crippen molar-refractivity contribution in [3.8, 4) is 0 Å². The van der Waals surface area contributed by atoms with E-state index in [-0.39, 0.29) is 0 Å². The van der Waals surface area contributed by atoms with E-state index in [4.69, 9.17) is 0 Å². The van der Waals surface area contributed by atoms with Crippen molar-refractivity contribution >= 4 is 0 Å². The smallest absolute Gasteiger partial charge is 0.0258 e. The summed E-state index contributed by atoms with van der Waals surface area (Å²) in [4.78, 5) is 2.24. The summed E-state index contributed by atoms with van der Waals surface area (Å²) in [6, 6.07) is 0.693. The molecule has 1 radical (unpaired) electrons. The fraction of sp³-hybridized carbons (Fsp3) is 1.00. The first kappa shape index (κ1) is 9.96. The SMILES string of the molecule is CN(C)CCC1CC[N]CCN1. The van der Waals surface area contributed by atoms with Crippen LogP contribution in [0.4, 0.5) is 0 Å². The zero-order chi connectivity index (χ0) is 8.81. The van der Waals surface area contributed by atoms with Gasteiger partial charge in [0.1, 0.15) is 0 Å². The Kier molecular flexibility index (Phi) is 4.58. The number of hydrogen-bond acceptors (Lipinski definition) is 2. The van der Waals surface area contributed by atoms with Crippen LogP contribution in [0.5, 0.6) is 0 Å². The lowest BCUT2D eigenvalue weighted by molar-refractivity contribution is 0.357. The lowest BCUT2D eigenvalue weighted by Gasteiger charge is -2.17. The molecule has 1 fully saturated rings. The van der Waals surface area contributed by atoms with E-state index in [1.54, 1.807) is 0 Å². The Morgan fingerprint density at radius 1 is 1.42 bits per heavy atom. The first-order valence-electron chi connectivity index (χ1n) is 4.80. The quantitative estimate of drug-likeness (QED) is 0.641. The van der Waals surface area contributed by atoms with Crippen LogP contribution in [0.3, 0.4) is 0 Å². The first-order chi connectivity index (χ1) is 5.79. The zero-order valence-corrected chi connectivity index (χ0v) is 8.21. The van der Waals surface area contributed by atoms with E-state index in [1.165, 1.54) is 19.4 Å². The van der Waals surface area contributed by atoms with Crippen molar-refractivity contribution in [2.45, 2.75) is 18.9 Å². The van der Waals surface area contributed by atoms with E-state index in [1.807, 2.05) is 0 Å². The van der Waals surface area contributed by atoms with E-state index < -0.39 is 0 Å². The number of hydrogen-bond donors (Lipinski definition) is 1. The Balaban J connectivity index is 2.12. The van der Waals surface area contributed by atoms with Gasteiger partial charge in [0.25, 0.3) is 0 Å². The highest BCUT2D eigenvalue weighted by Crippen LogP contribution is 2.00. The molecule has 1 heterocycles. The molecule has 0 aliphatic carbocycles. The van der Waals surface area contributed by atoms with Crippen molar-refractivity contribution in [1.29, 1.82) is 0 Å². The molecule has 0 spiro atoms. The number of rotatable bonds is 3. The maximum atomic E-state index is 4.37. The fourth-order valence-electron chi connectivity index (χ4n) is 1.47. The summed E-state index contributed by atoms with van der Waals surface area (Å²) in [6.07, 6.45) is 2.47. The third kappa shape index (κ3) is 4.04. The second-order valence-electron chi connectivity index (χ2n) is 3.70. The average Bonchev–Trinajstić information content (AvgIpc) is 2.28. The molecule has 3 nitrogen and oxygen atoms in total. The van der Waals surface area contributed by atoms with Gasteiger partial charge >= 0.3 is 0 Å². The van der Waals surface area contributed by atoms with Crippen LogP contribution in [0.2, 0.25) is 0 Å². The monoisotopic (exact) mass is 170 g/mol. The van der Waals surface area contributed by atoms with Crippen LogP contribution in [-0.2, 0) is 0 Å². The summed E-state index contributed by atoms with van der Waals surface area (Å²) in [7, 11) is 4.25. The van der Waals surface area contributed by atoms with Crippen LogP contribution in [0.15, 0.2) is 0 Å². The van der Waals surface area contributed by atoms with Gasteiger partial charge in [-0.15, -0.1) is 0 Å². The normalized spacial score (nSPS) is 25.8. The summed E-state index contributed by atoms with van der Waals surface area (Å²) in [6.45, 7) is 4.29. The van der Waals surface area contributed by atoms with Crippen LogP contribution in [0.1, 0.15) is 12.8 Å². The first-order valence-corrected chi connectivity index (χ1v) is 4.80. The van der Waals surface area contributed by atoms with Gasteiger partial charge < -0.3 is 10.2 Å². The standard InChI is InChI=1S/C9H20N3/c1-12(2)8-4-9-3-5-10-6-7-11-9/h9,11H,3-8H2,1-2H3. The maximum Gasteiger partial charge on any atom is 0.0258 e. The fourth-order valence-corrected chi connectivity index (χ4v) is 1.47. The minimum Gasteiger partial charge on any atom is -0.313 e. The Labute approximate surface area is 75.5 Å². The van der Waals surface area contributed by atoms with E-state index in [9.17, 15) is 0 Å². The number of nitrogens with one attached hydrogen (secondary N) is 1. The zero-order valence-electron chi connectivity index (χ0n) is 8.21. The summed E-state index contributed by atoms with van der Waals surface area (Å²) < 4.78 is 0. The Bertz CT molecular complexity index is 106. The number of nitrogens with zero attached hydrogens (tertiary/aromatic N) is 2. The van der Waals surface area contributed by atoms with Crippen LogP contribution >= 0.6 is 0 Å². The topological polar surface area (TPSA) is 29.4 Å². The Morgan fingerprint density at radius 2 is 2.25 bits per heavy atom. The van der Waals surface area contributed by atoms with Gasteiger partial charge in [0.15, 0.2) is 0 Å². The molecule has 71 valence electrons. The highest BCUT2D eigenvalue weighted by Gasteiger charge is 2.10. The van der Waals surface area contributed by atoms with Gasteiger partial charge in [-0.1, -0.05) is 0 Å². The molecule has 1 saturated heterocycles. The molecule has 0 aromatic carbocycles. The lowest BCUT2D eigenvalue weighted by atomic mass is 10.1. The van der Waals surface area contributed by atoms with Crippen LogP contribution in [0.25, 0.3) is 0 Å². The predicted molar refractivity (Wildman–Crippen MR) is 51.4 cm³/mol. The second-order valence-corrected chi connectivity index (χ2v) is 3.70. The van der Waals surface area contributed by atoms with E-state index in [0.717, 1.165) is 19.6 Å². The van der Waals surface area contributed by atoms with E-state index in [0.29, 0.717) is 6.04 Å². The van der Waals surface area contributed by atoms with Crippen molar-refractivity contribution in [2.24, 2.45) is 0 Å². The van der Waals surface area contributed by atoms with Gasteiger partial charge in [-0.05, 0) is 33.5 Å². The van der Waals surface area contributed by atoms with Crippen molar-refractivity contribution in [2.75, 3.05) is 40.3 Å². The van der Waals surface area contributed by atoms with Crippen molar-refractivity contribution in [1.82, 2.24) is 15.5 Å². The molecule has 1 atom stereocenters. The van der Waals surface area contributed by atoms with Gasteiger partial charge in [0, 0.05) is 25.7 Å². The molecule has 0 aromatic heterocycles. The van der Waals surface area contributed by atoms with Gasteiger partial charge in [0.05, 0.1) is 0 Å². The molecular formula is C9H20N3. The molecule has 0 bridgehead atoms. The van der Waals surface area contributed by atoms with E-state index >= 15 is 0 Å². The minimum atomic E-state index is 0.693. The largest absolute Gasteiger partial charge is 0.313 e. The van der Waals surface area contributed by atoms with Crippen molar-refractivity contribution < 1.29 is 0 Å². The van der Waals surface area contributed by atoms with Gasteiger partial charge in [-0.3, -0.25) is 0 Å². The van der Waals surface area contributed by atoms with Crippen LogP contribution in [0, 0.1) is 0 Å². The van der Waals surface area contributed by atoms with Gasteiger partial charge in [0.2, 0.25) is 0 Å². The molecule has 0 saturated carbocycles. The van der Waals surface area contributed by atoms with Crippen molar-refractivity contribution in [3.63, 3.8) is 0 Å². The molecule has 1 N–H and O–H groups in total. The second kappa shape index (κ2) is 5.51. The van der Waals surface area contributed by atoms with Crippen LogP contribution < -0.4 is 10.6 Å². The third-order valence-electron chi connectivity index (χ3n) is 2.26. The third-order valence-corrected chi connectivity index (χ3v) is 2.26. The molecular weight excluding hydrogens is 150 g/mol. The lowest BCUT2D eigenvalue weighted by Crippen LogP contribution is -2.32. The highest BCUT2D eigenvalue weighted by molar-refractivity contribution is 4.72. The highest BCUT2D eigenvalue weighted by atomic mass is 15.1. The maximum absolute atomic E-state index is 4.37. The summed E-state index contributed by atoms with van der Waals surface area (Å²) in [5.41, 5.74) is 0. The molecule has 0 aromatic rings. The minimum absolute atomic E-state index is 0.693. The summed E-state index contributed by atoms with van der Waals surface area (Å²) in [5.74, 6) is 0. The van der Waals surface area contributed by atoms with E-state index in [2.05, 4.69) is 29.6 Å². The molecule has 3 heteroatoms. The summed E-state index contributed by atoms with van der Waals surface area (Å²) >= 11 is 0. The molecule has 1 aliphatic rings. The molecule has 1 aliphatic heterocycles. The van der Waals surface area contributed by atoms with Crippen molar-refractivity contribution in [3.05, 3.63) is 0 Å².